The molecule has 1 aromatic carbocycles. The van der Waals surface area contributed by atoms with Gasteiger partial charge in [-0.15, -0.1) is 0 Å². The Labute approximate surface area is 130 Å². The number of rotatable bonds is 7. The lowest BCUT2D eigenvalue weighted by atomic mass is 10.2. The predicted octanol–water partition coefficient (Wildman–Crippen LogP) is 0.972. The summed E-state index contributed by atoms with van der Waals surface area (Å²) in [4.78, 5) is 15.0. The second-order valence-corrected chi connectivity index (χ2v) is 5.42. The quantitative estimate of drug-likeness (QED) is 0.597. The standard InChI is InChI=1S/C15H23N3O4/c1-2-16-7-9-17(10-8-16)11-13(19)12-22-15-6-4-3-5-14(15)18(20)21/h3-6,13,19H,2,7-12H2,1H3/t13-/m0/s1. The highest BCUT2D eigenvalue weighted by molar-refractivity contribution is 5.45. The third kappa shape index (κ3) is 4.66. The normalized spacial score (nSPS) is 18.1. The molecule has 1 aromatic rings. The lowest BCUT2D eigenvalue weighted by molar-refractivity contribution is -0.385. The van der Waals surface area contributed by atoms with Crippen LogP contribution in [0.4, 0.5) is 5.69 Å². The average molecular weight is 309 g/mol. The molecule has 122 valence electrons. The van der Waals surface area contributed by atoms with Gasteiger partial charge < -0.3 is 14.7 Å². The van der Waals surface area contributed by atoms with Crippen molar-refractivity contribution in [1.29, 1.82) is 0 Å². The fraction of sp³-hybridized carbons (Fsp3) is 0.600. The van der Waals surface area contributed by atoms with E-state index < -0.39 is 11.0 Å². The van der Waals surface area contributed by atoms with Gasteiger partial charge in [0.2, 0.25) is 0 Å². The summed E-state index contributed by atoms with van der Waals surface area (Å²) in [5.74, 6) is 0.197. The summed E-state index contributed by atoms with van der Waals surface area (Å²) in [6.45, 7) is 7.65. The second-order valence-electron chi connectivity index (χ2n) is 5.42. The van der Waals surface area contributed by atoms with Gasteiger partial charge in [-0.3, -0.25) is 15.0 Å². The fourth-order valence-corrected chi connectivity index (χ4v) is 2.55. The minimum atomic E-state index is -0.659. The molecular formula is C15H23N3O4. The van der Waals surface area contributed by atoms with Crippen LogP contribution >= 0.6 is 0 Å². The van der Waals surface area contributed by atoms with E-state index in [1.807, 2.05) is 0 Å². The zero-order valence-corrected chi connectivity index (χ0v) is 12.9. The van der Waals surface area contributed by atoms with Gasteiger partial charge in [0.1, 0.15) is 12.7 Å². The summed E-state index contributed by atoms with van der Waals surface area (Å²) >= 11 is 0. The number of nitro benzene ring substituents is 1. The van der Waals surface area contributed by atoms with Crippen LogP contribution in [-0.4, -0.2) is 71.8 Å². The first-order valence-corrected chi connectivity index (χ1v) is 7.59. The molecule has 1 N–H and O–H groups in total. The van der Waals surface area contributed by atoms with Crippen molar-refractivity contribution < 1.29 is 14.8 Å². The number of nitro groups is 1. The number of para-hydroxylation sites is 2. The van der Waals surface area contributed by atoms with Crippen LogP contribution in [0.1, 0.15) is 6.92 Å². The SMILES string of the molecule is CCN1CCN(C[C@H](O)COc2ccccc2[N+](=O)[O-])CC1. The van der Waals surface area contributed by atoms with E-state index in [2.05, 4.69) is 16.7 Å². The van der Waals surface area contributed by atoms with Gasteiger partial charge in [0.05, 0.1) is 4.92 Å². The topological polar surface area (TPSA) is 79.1 Å². The van der Waals surface area contributed by atoms with Crippen molar-refractivity contribution >= 4 is 5.69 Å². The summed E-state index contributed by atoms with van der Waals surface area (Å²) in [6.07, 6.45) is -0.659. The third-order valence-corrected chi connectivity index (χ3v) is 3.87. The molecule has 1 aliphatic rings. The first kappa shape index (κ1) is 16.7. The molecule has 0 amide bonds. The Balaban J connectivity index is 1.79. The van der Waals surface area contributed by atoms with Crippen molar-refractivity contribution in [2.75, 3.05) is 45.9 Å². The van der Waals surface area contributed by atoms with Crippen LogP contribution in [0, 0.1) is 10.1 Å². The Morgan fingerprint density at radius 1 is 1.27 bits per heavy atom. The zero-order valence-electron chi connectivity index (χ0n) is 12.9. The molecule has 1 atom stereocenters. The monoisotopic (exact) mass is 309 g/mol. The van der Waals surface area contributed by atoms with Crippen LogP contribution in [0.2, 0.25) is 0 Å². The summed E-state index contributed by atoms with van der Waals surface area (Å²) in [5, 5.41) is 21.0. The Morgan fingerprint density at radius 2 is 1.91 bits per heavy atom. The molecule has 0 unspecified atom stereocenters. The number of hydrogen-bond acceptors (Lipinski definition) is 6. The second kappa shape index (κ2) is 8.07. The Morgan fingerprint density at radius 3 is 2.55 bits per heavy atom. The van der Waals surface area contributed by atoms with Gasteiger partial charge in [-0.25, -0.2) is 0 Å². The smallest absolute Gasteiger partial charge is 0.310 e. The van der Waals surface area contributed by atoms with Crippen molar-refractivity contribution in [2.45, 2.75) is 13.0 Å². The Bertz CT molecular complexity index is 489. The lowest BCUT2D eigenvalue weighted by Crippen LogP contribution is -2.49. The number of ether oxygens (including phenoxy) is 1. The Kier molecular flexibility index (Phi) is 6.11. The number of likely N-dealkylation sites (N-methyl/N-ethyl adjacent to an activating group) is 1. The molecule has 0 radical (unpaired) electrons. The maximum Gasteiger partial charge on any atom is 0.310 e. The molecule has 0 aromatic heterocycles. The number of piperazine rings is 1. The lowest BCUT2D eigenvalue weighted by Gasteiger charge is -2.34. The summed E-state index contributed by atoms with van der Waals surface area (Å²) in [6, 6.07) is 6.21. The number of aliphatic hydroxyl groups is 1. The molecule has 2 rings (SSSR count). The molecule has 22 heavy (non-hydrogen) atoms. The molecule has 1 saturated heterocycles. The largest absolute Gasteiger partial charge is 0.484 e. The summed E-state index contributed by atoms with van der Waals surface area (Å²) in [7, 11) is 0. The van der Waals surface area contributed by atoms with Gasteiger partial charge in [0.25, 0.3) is 0 Å². The molecule has 7 heteroatoms. The molecule has 1 aliphatic heterocycles. The van der Waals surface area contributed by atoms with Crippen LogP contribution in [0.5, 0.6) is 5.75 Å². The molecule has 0 bridgehead atoms. The van der Waals surface area contributed by atoms with Gasteiger partial charge in [0, 0.05) is 38.8 Å². The van der Waals surface area contributed by atoms with Crippen LogP contribution in [0.3, 0.4) is 0 Å². The first-order chi connectivity index (χ1) is 10.6. The highest BCUT2D eigenvalue weighted by Crippen LogP contribution is 2.25. The van der Waals surface area contributed by atoms with Crippen LogP contribution < -0.4 is 4.74 Å². The minimum Gasteiger partial charge on any atom is -0.484 e. The third-order valence-electron chi connectivity index (χ3n) is 3.87. The fourth-order valence-electron chi connectivity index (χ4n) is 2.55. The van der Waals surface area contributed by atoms with Gasteiger partial charge in [-0.1, -0.05) is 19.1 Å². The average Bonchev–Trinajstić information content (AvgIpc) is 2.54. The Hall–Kier alpha value is -1.70. The van der Waals surface area contributed by atoms with Gasteiger partial charge in [-0.05, 0) is 12.6 Å². The van der Waals surface area contributed by atoms with E-state index in [9.17, 15) is 15.2 Å². The van der Waals surface area contributed by atoms with E-state index in [-0.39, 0.29) is 18.0 Å². The van der Waals surface area contributed by atoms with Crippen molar-refractivity contribution in [2.24, 2.45) is 0 Å². The number of aliphatic hydroxyl groups excluding tert-OH is 1. The van der Waals surface area contributed by atoms with E-state index >= 15 is 0 Å². The molecule has 1 heterocycles. The van der Waals surface area contributed by atoms with E-state index in [1.54, 1.807) is 18.2 Å². The van der Waals surface area contributed by atoms with Crippen molar-refractivity contribution in [1.82, 2.24) is 9.80 Å². The maximum absolute atomic E-state index is 10.9. The van der Waals surface area contributed by atoms with Gasteiger partial charge >= 0.3 is 5.69 Å². The highest BCUT2D eigenvalue weighted by Gasteiger charge is 2.20. The van der Waals surface area contributed by atoms with Gasteiger partial charge in [0.15, 0.2) is 5.75 Å². The first-order valence-electron chi connectivity index (χ1n) is 7.59. The number of β-amino-alcohol motifs (C(OH)–C–C–N with tert-alkyl or cyclic N) is 1. The van der Waals surface area contributed by atoms with E-state index in [0.29, 0.717) is 6.54 Å². The summed E-state index contributed by atoms with van der Waals surface area (Å²) < 4.78 is 5.42. The molecule has 0 saturated carbocycles. The molecule has 0 spiro atoms. The molecule has 1 fully saturated rings. The van der Waals surface area contributed by atoms with Crippen LogP contribution in [-0.2, 0) is 0 Å². The van der Waals surface area contributed by atoms with E-state index in [0.717, 1.165) is 32.7 Å². The molecular weight excluding hydrogens is 286 g/mol. The zero-order chi connectivity index (χ0) is 15.9. The molecule has 0 aliphatic carbocycles. The van der Waals surface area contributed by atoms with E-state index in [4.69, 9.17) is 4.74 Å². The predicted molar refractivity (Wildman–Crippen MR) is 83.2 cm³/mol. The number of nitrogens with zero attached hydrogens (tertiary/aromatic N) is 3. The van der Waals surface area contributed by atoms with Crippen molar-refractivity contribution in [3.63, 3.8) is 0 Å². The van der Waals surface area contributed by atoms with Crippen LogP contribution in [0.25, 0.3) is 0 Å². The van der Waals surface area contributed by atoms with Crippen LogP contribution in [0.15, 0.2) is 24.3 Å². The van der Waals surface area contributed by atoms with Crippen molar-refractivity contribution in [3.8, 4) is 5.75 Å². The van der Waals surface area contributed by atoms with Gasteiger partial charge in [-0.2, -0.15) is 0 Å². The number of hydrogen-bond donors (Lipinski definition) is 1. The minimum absolute atomic E-state index is 0.0544. The summed E-state index contributed by atoms with van der Waals surface area (Å²) in [5.41, 5.74) is -0.0775. The van der Waals surface area contributed by atoms with Crippen molar-refractivity contribution in [3.05, 3.63) is 34.4 Å². The maximum atomic E-state index is 10.9. The molecule has 7 nitrogen and oxygen atoms in total. The number of benzene rings is 1. The van der Waals surface area contributed by atoms with E-state index in [1.165, 1.54) is 6.07 Å². The highest BCUT2D eigenvalue weighted by atomic mass is 16.6.